The van der Waals surface area contributed by atoms with Crippen LogP contribution in [0, 0.1) is 0 Å². The summed E-state index contributed by atoms with van der Waals surface area (Å²) in [5, 5.41) is 0. The van der Waals surface area contributed by atoms with Gasteiger partial charge in [-0.25, -0.2) is 4.98 Å². The molecular formula is C19H22N4O5. The Kier molecular flexibility index (Phi) is 5.16. The van der Waals surface area contributed by atoms with Crippen LogP contribution in [0.2, 0.25) is 0 Å². The van der Waals surface area contributed by atoms with E-state index in [9.17, 15) is 9.59 Å². The lowest BCUT2D eigenvalue weighted by atomic mass is 10.1. The van der Waals surface area contributed by atoms with Crippen LogP contribution in [0.3, 0.4) is 0 Å². The lowest BCUT2D eigenvalue weighted by Gasteiger charge is -2.35. The van der Waals surface area contributed by atoms with Gasteiger partial charge < -0.3 is 19.1 Å². The van der Waals surface area contributed by atoms with Gasteiger partial charge in [0.15, 0.2) is 11.5 Å². The van der Waals surface area contributed by atoms with E-state index in [1.165, 1.54) is 18.7 Å². The Labute approximate surface area is 161 Å². The summed E-state index contributed by atoms with van der Waals surface area (Å²) >= 11 is 0. The average Bonchev–Trinajstić information content (AvgIpc) is 3.16. The molecule has 0 amide bonds. The smallest absolute Gasteiger partial charge is 0.311 e. The second kappa shape index (κ2) is 7.89. The van der Waals surface area contributed by atoms with Crippen LogP contribution in [-0.2, 0) is 22.5 Å². The molecular weight excluding hydrogens is 364 g/mol. The molecule has 4 rings (SSSR count). The van der Waals surface area contributed by atoms with Crippen molar-refractivity contribution in [2.24, 2.45) is 0 Å². The van der Waals surface area contributed by atoms with Crippen molar-refractivity contribution < 1.29 is 19.0 Å². The number of aromatic amines is 1. The highest BCUT2D eigenvalue weighted by Crippen LogP contribution is 2.32. The van der Waals surface area contributed by atoms with Gasteiger partial charge in [-0.15, -0.1) is 0 Å². The highest BCUT2D eigenvalue weighted by molar-refractivity contribution is 5.71. The number of nitrogens with zero attached hydrogens (tertiary/aromatic N) is 3. The zero-order valence-corrected chi connectivity index (χ0v) is 15.6. The standard InChI is InChI=1S/C19H22N4O5/c1-26-18(25)10-14-9-17(24)21-19(20-14)23-6-4-22(5-7-23)11-13-2-3-15-16(8-13)28-12-27-15/h2-3,8-9H,4-7,10-12H2,1H3,(H,20,21,24). The number of esters is 1. The Morgan fingerprint density at radius 3 is 2.75 bits per heavy atom. The van der Waals surface area contributed by atoms with Crippen molar-refractivity contribution in [1.82, 2.24) is 14.9 Å². The molecule has 9 nitrogen and oxygen atoms in total. The van der Waals surface area contributed by atoms with Gasteiger partial charge in [-0.2, -0.15) is 0 Å². The number of carbonyl (C=O) groups excluding carboxylic acids is 1. The van der Waals surface area contributed by atoms with Gasteiger partial charge in [-0.05, 0) is 17.7 Å². The SMILES string of the molecule is COC(=O)Cc1cc(=O)[nH]c(N2CCN(Cc3ccc4c(c3)OCO4)CC2)n1. The first kappa shape index (κ1) is 18.3. The Hall–Kier alpha value is -3.07. The average molecular weight is 386 g/mol. The van der Waals surface area contributed by atoms with Gasteiger partial charge in [0.1, 0.15) is 0 Å². The van der Waals surface area contributed by atoms with Crippen LogP contribution < -0.4 is 19.9 Å². The van der Waals surface area contributed by atoms with Gasteiger partial charge in [0.2, 0.25) is 12.7 Å². The molecule has 2 aliphatic heterocycles. The zero-order valence-electron chi connectivity index (χ0n) is 15.6. The van der Waals surface area contributed by atoms with Crippen LogP contribution in [0.25, 0.3) is 0 Å². The number of aromatic nitrogens is 2. The molecule has 3 heterocycles. The van der Waals surface area contributed by atoms with Crippen LogP contribution >= 0.6 is 0 Å². The third-order valence-corrected chi connectivity index (χ3v) is 4.85. The highest BCUT2D eigenvalue weighted by Gasteiger charge is 2.21. The number of piperazine rings is 1. The number of hydrogen-bond acceptors (Lipinski definition) is 8. The first-order valence-corrected chi connectivity index (χ1v) is 9.13. The van der Waals surface area contributed by atoms with E-state index >= 15 is 0 Å². The van der Waals surface area contributed by atoms with Crippen molar-refractivity contribution in [2.75, 3.05) is 45.0 Å². The van der Waals surface area contributed by atoms with Gasteiger partial charge >= 0.3 is 5.97 Å². The van der Waals surface area contributed by atoms with Crippen molar-refractivity contribution in [2.45, 2.75) is 13.0 Å². The summed E-state index contributed by atoms with van der Waals surface area (Å²) in [6.07, 6.45) is -0.0164. The first-order chi connectivity index (χ1) is 13.6. The summed E-state index contributed by atoms with van der Waals surface area (Å²) in [6, 6.07) is 7.34. The monoisotopic (exact) mass is 386 g/mol. The summed E-state index contributed by atoms with van der Waals surface area (Å²) in [4.78, 5) is 34.9. The molecule has 28 heavy (non-hydrogen) atoms. The number of hydrogen-bond donors (Lipinski definition) is 1. The second-order valence-electron chi connectivity index (χ2n) is 6.76. The molecule has 0 atom stereocenters. The van der Waals surface area contributed by atoms with Crippen LogP contribution in [0.4, 0.5) is 5.95 Å². The number of carbonyl (C=O) groups is 1. The molecule has 0 bridgehead atoms. The number of anilines is 1. The number of methoxy groups -OCH3 is 1. The van der Waals surface area contributed by atoms with E-state index in [0.717, 1.165) is 44.2 Å². The zero-order chi connectivity index (χ0) is 19.5. The fourth-order valence-corrected chi connectivity index (χ4v) is 3.37. The Morgan fingerprint density at radius 2 is 1.96 bits per heavy atom. The predicted octanol–water partition coefficient (Wildman–Crippen LogP) is 0.536. The highest BCUT2D eigenvalue weighted by atomic mass is 16.7. The molecule has 0 saturated carbocycles. The van der Waals surface area contributed by atoms with Crippen LogP contribution in [0.1, 0.15) is 11.3 Å². The number of rotatable bonds is 5. The molecule has 148 valence electrons. The van der Waals surface area contributed by atoms with E-state index in [4.69, 9.17) is 9.47 Å². The van der Waals surface area contributed by atoms with E-state index in [2.05, 4.69) is 25.7 Å². The molecule has 1 aromatic heterocycles. The summed E-state index contributed by atoms with van der Waals surface area (Å²) in [7, 11) is 1.32. The van der Waals surface area contributed by atoms with Gasteiger partial charge in [0.25, 0.3) is 5.56 Å². The van der Waals surface area contributed by atoms with Crippen molar-refractivity contribution in [1.29, 1.82) is 0 Å². The topological polar surface area (TPSA) is 97.0 Å². The van der Waals surface area contributed by atoms with Crippen molar-refractivity contribution >= 4 is 11.9 Å². The fraction of sp³-hybridized carbons (Fsp3) is 0.421. The third-order valence-electron chi connectivity index (χ3n) is 4.85. The van der Waals surface area contributed by atoms with Crippen LogP contribution in [-0.4, -0.2) is 60.9 Å². The minimum absolute atomic E-state index is 0.0164. The Morgan fingerprint density at radius 1 is 1.18 bits per heavy atom. The largest absolute Gasteiger partial charge is 0.469 e. The summed E-state index contributed by atoms with van der Waals surface area (Å²) < 4.78 is 15.4. The molecule has 1 saturated heterocycles. The fourth-order valence-electron chi connectivity index (χ4n) is 3.37. The van der Waals surface area contributed by atoms with E-state index in [1.807, 2.05) is 17.0 Å². The molecule has 1 fully saturated rings. The van der Waals surface area contributed by atoms with E-state index in [-0.39, 0.29) is 18.8 Å². The summed E-state index contributed by atoms with van der Waals surface area (Å²) in [6.45, 7) is 4.22. The van der Waals surface area contributed by atoms with Gasteiger partial charge in [-0.1, -0.05) is 6.07 Å². The minimum Gasteiger partial charge on any atom is -0.469 e. The second-order valence-corrected chi connectivity index (χ2v) is 6.76. The van der Waals surface area contributed by atoms with Crippen molar-refractivity contribution in [3.63, 3.8) is 0 Å². The number of fused-ring (bicyclic) bond motifs is 1. The number of nitrogens with one attached hydrogen (secondary N) is 1. The Balaban J connectivity index is 1.37. The molecule has 2 aromatic rings. The van der Waals surface area contributed by atoms with Crippen LogP contribution in [0.5, 0.6) is 11.5 Å². The van der Waals surface area contributed by atoms with E-state index in [1.54, 1.807) is 0 Å². The molecule has 0 spiro atoms. The molecule has 0 aliphatic carbocycles. The maximum Gasteiger partial charge on any atom is 0.311 e. The van der Waals surface area contributed by atoms with Gasteiger partial charge in [0, 0.05) is 38.8 Å². The molecule has 0 unspecified atom stereocenters. The van der Waals surface area contributed by atoms with E-state index < -0.39 is 5.97 Å². The lowest BCUT2D eigenvalue weighted by molar-refractivity contribution is -0.139. The molecule has 2 aliphatic rings. The lowest BCUT2D eigenvalue weighted by Crippen LogP contribution is -2.47. The van der Waals surface area contributed by atoms with Crippen LogP contribution in [0.15, 0.2) is 29.1 Å². The maximum absolute atomic E-state index is 11.9. The minimum atomic E-state index is -0.419. The number of benzene rings is 1. The maximum atomic E-state index is 11.9. The molecule has 1 N–H and O–H groups in total. The van der Waals surface area contributed by atoms with Crippen molar-refractivity contribution in [3.05, 3.63) is 45.9 Å². The molecule has 1 aromatic carbocycles. The number of ether oxygens (including phenoxy) is 3. The summed E-state index contributed by atoms with van der Waals surface area (Å²) in [5.41, 5.74) is 1.31. The molecule has 0 radical (unpaired) electrons. The molecule has 9 heteroatoms. The predicted molar refractivity (Wildman–Crippen MR) is 101 cm³/mol. The quantitative estimate of drug-likeness (QED) is 0.744. The van der Waals surface area contributed by atoms with Gasteiger partial charge in [-0.3, -0.25) is 19.5 Å². The first-order valence-electron chi connectivity index (χ1n) is 9.13. The Bertz CT molecular complexity index is 921. The van der Waals surface area contributed by atoms with Crippen molar-refractivity contribution in [3.8, 4) is 11.5 Å². The summed E-state index contributed by atoms with van der Waals surface area (Å²) in [5.74, 6) is 1.66. The van der Waals surface area contributed by atoms with Gasteiger partial charge in [0.05, 0.1) is 19.2 Å². The third kappa shape index (κ3) is 4.09. The van der Waals surface area contributed by atoms with E-state index in [0.29, 0.717) is 11.6 Å². The normalized spacial score (nSPS) is 16.2. The number of H-pyrrole nitrogens is 1.